The first kappa shape index (κ1) is 18.2. The highest BCUT2D eigenvalue weighted by Crippen LogP contribution is 2.29. The Bertz CT molecular complexity index is 695. The summed E-state index contributed by atoms with van der Waals surface area (Å²) in [4.78, 5) is 11.6. The van der Waals surface area contributed by atoms with Crippen LogP contribution in [-0.2, 0) is 11.3 Å². The van der Waals surface area contributed by atoms with E-state index in [-0.39, 0.29) is 6.61 Å². The lowest BCUT2D eigenvalue weighted by molar-refractivity contribution is 0.140. The van der Waals surface area contributed by atoms with E-state index >= 15 is 0 Å². The normalized spacial score (nSPS) is 10.8. The summed E-state index contributed by atoms with van der Waals surface area (Å²) in [6.45, 7) is 0.728. The van der Waals surface area contributed by atoms with Gasteiger partial charge in [-0.2, -0.15) is 0 Å². The number of carbonyl (C=O) groups is 1. The number of benzene rings is 2. The summed E-state index contributed by atoms with van der Waals surface area (Å²) in [5, 5.41) is 3.53. The van der Waals surface area contributed by atoms with Crippen molar-refractivity contribution in [2.45, 2.75) is 13.0 Å². The molecule has 0 radical (unpaired) electrons. The lowest BCUT2D eigenvalue weighted by Crippen LogP contribution is -2.24. The number of halogens is 2. The largest absolute Gasteiger partial charge is 0.445 e. The highest BCUT2D eigenvalue weighted by molar-refractivity contribution is 6.39. The Kier molecular flexibility index (Phi) is 6.97. The maximum Gasteiger partial charge on any atom is 0.407 e. The van der Waals surface area contributed by atoms with E-state index in [2.05, 4.69) is 5.32 Å². The van der Waals surface area contributed by atoms with Gasteiger partial charge in [0.1, 0.15) is 6.61 Å². The van der Waals surface area contributed by atoms with Crippen molar-refractivity contribution in [2.75, 3.05) is 12.3 Å². The Morgan fingerprint density at radius 2 is 1.83 bits per heavy atom. The number of rotatable bonds is 6. The average Bonchev–Trinajstić information content (AvgIpc) is 2.58. The van der Waals surface area contributed by atoms with Crippen molar-refractivity contribution in [1.82, 2.24) is 5.32 Å². The van der Waals surface area contributed by atoms with Gasteiger partial charge in [0, 0.05) is 6.54 Å². The molecule has 0 aliphatic rings. The minimum atomic E-state index is -0.439. The summed E-state index contributed by atoms with van der Waals surface area (Å²) in [5.41, 5.74) is 7.86. The first-order valence-corrected chi connectivity index (χ1v) is 8.17. The van der Waals surface area contributed by atoms with Crippen molar-refractivity contribution < 1.29 is 9.53 Å². The van der Waals surface area contributed by atoms with E-state index in [4.69, 9.17) is 33.7 Å². The van der Waals surface area contributed by atoms with Gasteiger partial charge in [-0.15, -0.1) is 0 Å². The monoisotopic (exact) mass is 364 g/mol. The van der Waals surface area contributed by atoms with Gasteiger partial charge in [0.15, 0.2) is 0 Å². The van der Waals surface area contributed by atoms with Crippen LogP contribution in [0.5, 0.6) is 0 Å². The molecule has 2 rings (SSSR count). The Balaban J connectivity index is 1.69. The van der Waals surface area contributed by atoms with Gasteiger partial charge in [-0.25, -0.2) is 4.79 Å². The Labute approximate surface area is 151 Å². The van der Waals surface area contributed by atoms with Crippen molar-refractivity contribution in [3.8, 4) is 0 Å². The maximum atomic E-state index is 11.6. The predicted octanol–water partition coefficient (Wildman–Crippen LogP) is 4.91. The van der Waals surface area contributed by atoms with E-state index in [9.17, 15) is 4.79 Å². The molecule has 4 nitrogen and oxygen atoms in total. The number of hydrogen-bond donors (Lipinski definition) is 2. The van der Waals surface area contributed by atoms with Crippen LogP contribution >= 0.6 is 23.2 Å². The SMILES string of the molecule is Nc1c(Cl)cc(C=CCCNC(=O)OCc2ccccc2)cc1Cl. The van der Waals surface area contributed by atoms with Crippen LogP contribution in [0.2, 0.25) is 10.0 Å². The fourth-order valence-electron chi connectivity index (χ4n) is 1.95. The highest BCUT2D eigenvalue weighted by Gasteiger charge is 2.03. The standard InChI is InChI=1S/C18H18Cl2N2O2/c19-15-10-14(11-16(20)17(15)21)8-4-5-9-22-18(23)24-12-13-6-2-1-3-7-13/h1-4,6-8,10-11H,5,9,12,21H2,(H,22,23). The van der Waals surface area contributed by atoms with Crippen molar-refractivity contribution in [1.29, 1.82) is 0 Å². The number of hydrogen-bond acceptors (Lipinski definition) is 3. The fraction of sp³-hybridized carbons (Fsp3) is 0.167. The molecule has 24 heavy (non-hydrogen) atoms. The summed E-state index contributed by atoms with van der Waals surface area (Å²) in [6, 6.07) is 13.0. The van der Waals surface area contributed by atoms with E-state index in [1.807, 2.05) is 42.5 Å². The molecule has 0 saturated heterocycles. The van der Waals surface area contributed by atoms with Crippen molar-refractivity contribution >= 4 is 41.1 Å². The Hall–Kier alpha value is -2.17. The number of nitrogen functional groups attached to an aromatic ring is 1. The van der Waals surface area contributed by atoms with Gasteiger partial charge in [-0.3, -0.25) is 0 Å². The summed E-state index contributed by atoms with van der Waals surface area (Å²) in [5.74, 6) is 0. The number of amides is 1. The number of ether oxygens (including phenoxy) is 1. The number of carbonyl (C=O) groups excluding carboxylic acids is 1. The van der Waals surface area contributed by atoms with Gasteiger partial charge in [0.2, 0.25) is 0 Å². The molecule has 0 aromatic heterocycles. The molecular weight excluding hydrogens is 347 g/mol. The number of alkyl carbamates (subject to hydrolysis) is 1. The van der Waals surface area contributed by atoms with Gasteiger partial charge >= 0.3 is 6.09 Å². The third kappa shape index (κ3) is 5.80. The average molecular weight is 365 g/mol. The number of nitrogens with one attached hydrogen (secondary N) is 1. The summed E-state index contributed by atoms with van der Waals surface area (Å²) < 4.78 is 5.11. The van der Waals surface area contributed by atoms with E-state index in [0.717, 1.165) is 11.1 Å². The maximum absolute atomic E-state index is 11.6. The van der Waals surface area contributed by atoms with Gasteiger partial charge in [-0.05, 0) is 29.7 Å². The van der Waals surface area contributed by atoms with Crippen molar-refractivity contribution in [2.24, 2.45) is 0 Å². The molecule has 0 spiro atoms. The first-order chi connectivity index (χ1) is 11.6. The number of anilines is 1. The van der Waals surface area contributed by atoms with Crippen LogP contribution in [0.15, 0.2) is 48.5 Å². The highest BCUT2D eigenvalue weighted by atomic mass is 35.5. The first-order valence-electron chi connectivity index (χ1n) is 7.42. The molecule has 0 aliphatic heterocycles. The zero-order chi connectivity index (χ0) is 17.4. The van der Waals surface area contributed by atoms with Gasteiger partial charge < -0.3 is 15.8 Å². The molecule has 3 N–H and O–H groups in total. The second-order valence-corrected chi connectivity index (χ2v) is 5.89. The molecule has 6 heteroatoms. The molecule has 0 heterocycles. The molecule has 0 saturated carbocycles. The van der Waals surface area contributed by atoms with Crippen LogP contribution in [0.25, 0.3) is 6.08 Å². The molecule has 126 valence electrons. The smallest absolute Gasteiger partial charge is 0.407 e. The lowest BCUT2D eigenvalue weighted by atomic mass is 10.2. The number of nitrogens with two attached hydrogens (primary N) is 1. The fourth-order valence-corrected chi connectivity index (χ4v) is 2.46. The second-order valence-electron chi connectivity index (χ2n) is 5.08. The third-order valence-electron chi connectivity index (χ3n) is 3.20. The van der Waals surface area contributed by atoms with Crippen LogP contribution in [0.3, 0.4) is 0 Å². The second kappa shape index (κ2) is 9.21. The molecule has 2 aromatic rings. The van der Waals surface area contributed by atoms with Gasteiger partial charge in [0.05, 0.1) is 15.7 Å². The summed E-state index contributed by atoms with van der Waals surface area (Å²) in [7, 11) is 0. The van der Waals surface area contributed by atoms with E-state index < -0.39 is 6.09 Å². The minimum absolute atomic E-state index is 0.255. The Morgan fingerprint density at radius 1 is 1.17 bits per heavy atom. The molecule has 0 fully saturated rings. The molecule has 0 atom stereocenters. The van der Waals surface area contributed by atoms with Gasteiger partial charge in [-0.1, -0.05) is 65.7 Å². The van der Waals surface area contributed by atoms with Crippen LogP contribution in [0, 0.1) is 0 Å². The predicted molar refractivity (Wildman–Crippen MR) is 99.2 cm³/mol. The third-order valence-corrected chi connectivity index (χ3v) is 3.83. The molecule has 0 unspecified atom stereocenters. The molecular formula is C18H18Cl2N2O2. The Morgan fingerprint density at radius 3 is 2.50 bits per heavy atom. The molecule has 0 aliphatic carbocycles. The van der Waals surface area contributed by atoms with Crippen molar-refractivity contribution in [3.05, 3.63) is 69.7 Å². The topological polar surface area (TPSA) is 64.3 Å². The molecule has 1 amide bonds. The summed E-state index contributed by atoms with van der Waals surface area (Å²) >= 11 is 11.9. The quantitative estimate of drug-likeness (QED) is 0.565. The van der Waals surface area contributed by atoms with E-state index in [1.54, 1.807) is 12.1 Å². The van der Waals surface area contributed by atoms with Crippen LogP contribution in [0.4, 0.5) is 10.5 Å². The van der Waals surface area contributed by atoms with Crippen molar-refractivity contribution in [3.63, 3.8) is 0 Å². The molecule has 0 bridgehead atoms. The lowest BCUT2D eigenvalue weighted by Gasteiger charge is -2.06. The zero-order valence-corrected chi connectivity index (χ0v) is 14.5. The van der Waals surface area contributed by atoms with Crippen LogP contribution in [0.1, 0.15) is 17.5 Å². The zero-order valence-electron chi connectivity index (χ0n) is 13.0. The van der Waals surface area contributed by atoms with Gasteiger partial charge in [0.25, 0.3) is 0 Å². The van der Waals surface area contributed by atoms with E-state index in [0.29, 0.717) is 28.7 Å². The van der Waals surface area contributed by atoms with E-state index in [1.165, 1.54) is 0 Å². The minimum Gasteiger partial charge on any atom is -0.445 e. The molecule has 2 aromatic carbocycles. The van der Waals surface area contributed by atoms with Crippen LogP contribution < -0.4 is 11.1 Å². The van der Waals surface area contributed by atoms with Crippen LogP contribution in [-0.4, -0.2) is 12.6 Å². The summed E-state index contributed by atoms with van der Waals surface area (Å²) in [6.07, 6.45) is 4.00.